The molecule has 0 saturated heterocycles. The summed E-state index contributed by atoms with van der Waals surface area (Å²) < 4.78 is 1.89. The summed E-state index contributed by atoms with van der Waals surface area (Å²) in [4.78, 5) is 4.23. The van der Waals surface area contributed by atoms with E-state index in [2.05, 4.69) is 4.98 Å². The smallest absolute Gasteiger partial charge is 0.139 e. The molecule has 2 rings (SSSR count). The molecule has 1 atom stereocenters. The number of aliphatic hydroxyl groups is 1. The van der Waals surface area contributed by atoms with Crippen molar-refractivity contribution in [1.29, 1.82) is 0 Å². The number of hydrogen-bond donors (Lipinski definition) is 1. The second kappa shape index (κ2) is 3.59. The SMILES string of the molecule is Cn1cc(C(O)CCl)c2cccnc21. The van der Waals surface area contributed by atoms with E-state index in [1.807, 2.05) is 29.9 Å². The molecule has 2 aromatic heterocycles. The Labute approximate surface area is 86.9 Å². The molecule has 0 spiro atoms. The summed E-state index contributed by atoms with van der Waals surface area (Å²) in [6, 6.07) is 3.79. The minimum atomic E-state index is -0.621. The zero-order valence-corrected chi connectivity index (χ0v) is 8.57. The van der Waals surface area contributed by atoms with E-state index in [0.29, 0.717) is 0 Å². The van der Waals surface area contributed by atoms with Crippen LogP contribution in [-0.2, 0) is 7.05 Å². The normalized spacial score (nSPS) is 13.4. The van der Waals surface area contributed by atoms with Crippen LogP contribution >= 0.6 is 11.6 Å². The van der Waals surface area contributed by atoms with Gasteiger partial charge < -0.3 is 9.67 Å². The Morgan fingerprint density at radius 1 is 1.64 bits per heavy atom. The molecule has 0 bridgehead atoms. The fourth-order valence-corrected chi connectivity index (χ4v) is 1.76. The van der Waals surface area contributed by atoms with Gasteiger partial charge in [-0.15, -0.1) is 11.6 Å². The van der Waals surface area contributed by atoms with Crippen LogP contribution in [0.2, 0.25) is 0 Å². The fourth-order valence-electron chi connectivity index (χ4n) is 1.59. The molecular formula is C10H11ClN2O. The van der Waals surface area contributed by atoms with Gasteiger partial charge in [-0.05, 0) is 12.1 Å². The van der Waals surface area contributed by atoms with Crippen LogP contribution in [0.15, 0.2) is 24.5 Å². The molecule has 2 aromatic rings. The number of hydrogen-bond acceptors (Lipinski definition) is 2. The van der Waals surface area contributed by atoms with Crippen LogP contribution in [0.5, 0.6) is 0 Å². The molecule has 0 aromatic carbocycles. The van der Waals surface area contributed by atoms with E-state index in [1.54, 1.807) is 6.20 Å². The highest BCUT2D eigenvalue weighted by atomic mass is 35.5. The Morgan fingerprint density at radius 3 is 3.14 bits per heavy atom. The van der Waals surface area contributed by atoms with Crippen molar-refractivity contribution in [1.82, 2.24) is 9.55 Å². The number of aromatic nitrogens is 2. The Morgan fingerprint density at radius 2 is 2.43 bits per heavy atom. The summed E-state index contributed by atoms with van der Waals surface area (Å²) in [5.41, 5.74) is 1.71. The summed E-state index contributed by atoms with van der Waals surface area (Å²) in [5, 5.41) is 10.6. The van der Waals surface area contributed by atoms with E-state index < -0.39 is 6.10 Å². The van der Waals surface area contributed by atoms with Gasteiger partial charge in [0.15, 0.2) is 0 Å². The molecule has 0 fully saturated rings. The molecular weight excluding hydrogens is 200 g/mol. The second-order valence-corrected chi connectivity index (χ2v) is 3.55. The van der Waals surface area contributed by atoms with Crippen molar-refractivity contribution in [3.05, 3.63) is 30.1 Å². The quantitative estimate of drug-likeness (QED) is 0.769. The maximum Gasteiger partial charge on any atom is 0.139 e. The molecule has 1 unspecified atom stereocenters. The first-order valence-corrected chi connectivity index (χ1v) is 4.91. The Bertz CT molecular complexity index is 452. The van der Waals surface area contributed by atoms with Gasteiger partial charge in [0, 0.05) is 30.4 Å². The lowest BCUT2D eigenvalue weighted by atomic mass is 10.1. The average Bonchev–Trinajstić information content (AvgIpc) is 2.56. The second-order valence-electron chi connectivity index (χ2n) is 3.24. The van der Waals surface area contributed by atoms with Crippen molar-refractivity contribution in [2.75, 3.05) is 5.88 Å². The Hall–Kier alpha value is -1.06. The van der Waals surface area contributed by atoms with Crippen LogP contribution in [0.1, 0.15) is 11.7 Å². The van der Waals surface area contributed by atoms with E-state index in [-0.39, 0.29) is 5.88 Å². The maximum atomic E-state index is 9.67. The molecule has 0 amide bonds. The number of alkyl halides is 1. The Kier molecular flexibility index (Phi) is 2.44. The number of rotatable bonds is 2. The number of nitrogens with zero attached hydrogens (tertiary/aromatic N) is 2. The highest BCUT2D eigenvalue weighted by Gasteiger charge is 2.13. The molecule has 0 aliphatic carbocycles. The van der Waals surface area contributed by atoms with Crippen LogP contribution in [0.3, 0.4) is 0 Å². The van der Waals surface area contributed by atoms with Crippen LogP contribution in [-0.4, -0.2) is 20.5 Å². The summed E-state index contributed by atoms with van der Waals surface area (Å²) in [5.74, 6) is 0.202. The van der Waals surface area contributed by atoms with Crippen molar-refractivity contribution < 1.29 is 5.11 Å². The van der Waals surface area contributed by atoms with Crippen molar-refractivity contribution in [3.63, 3.8) is 0 Å². The predicted octanol–water partition coefficient (Wildman–Crippen LogP) is 1.85. The van der Waals surface area contributed by atoms with E-state index in [1.165, 1.54) is 0 Å². The third-order valence-corrected chi connectivity index (χ3v) is 2.56. The molecule has 4 heteroatoms. The highest BCUT2D eigenvalue weighted by molar-refractivity contribution is 6.18. The number of pyridine rings is 1. The lowest BCUT2D eigenvalue weighted by molar-refractivity contribution is 0.204. The molecule has 0 saturated carbocycles. The zero-order chi connectivity index (χ0) is 10.1. The third-order valence-electron chi connectivity index (χ3n) is 2.27. The van der Waals surface area contributed by atoms with Crippen molar-refractivity contribution in [3.8, 4) is 0 Å². The van der Waals surface area contributed by atoms with Gasteiger partial charge in [0.05, 0.1) is 12.0 Å². The maximum absolute atomic E-state index is 9.67. The van der Waals surface area contributed by atoms with E-state index >= 15 is 0 Å². The van der Waals surface area contributed by atoms with E-state index in [0.717, 1.165) is 16.6 Å². The lowest BCUT2D eigenvalue weighted by Crippen LogP contribution is -1.96. The Balaban J connectivity index is 2.66. The molecule has 0 aliphatic heterocycles. The average molecular weight is 211 g/mol. The van der Waals surface area contributed by atoms with Crippen LogP contribution in [0.25, 0.3) is 11.0 Å². The first-order valence-electron chi connectivity index (χ1n) is 4.38. The van der Waals surface area contributed by atoms with Crippen molar-refractivity contribution in [2.24, 2.45) is 7.05 Å². The summed E-state index contributed by atoms with van der Waals surface area (Å²) in [6.07, 6.45) is 2.98. The van der Waals surface area contributed by atoms with Gasteiger partial charge in [-0.1, -0.05) is 0 Å². The topological polar surface area (TPSA) is 38.0 Å². The molecule has 74 valence electrons. The molecule has 14 heavy (non-hydrogen) atoms. The lowest BCUT2D eigenvalue weighted by Gasteiger charge is -2.03. The number of aliphatic hydroxyl groups excluding tert-OH is 1. The van der Waals surface area contributed by atoms with Crippen LogP contribution in [0.4, 0.5) is 0 Å². The monoisotopic (exact) mass is 210 g/mol. The highest BCUT2D eigenvalue weighted by Crippen LogP contribution is 2.24. The van der Waals surface area contributed by atoms with Crippen molar-refractivity contribution >= 4 is 22.6 Å². The van der Waals surface area contributed by atoms with Gasteiger partial charge in [-0.2, -0.15) is 0 Å². The molecule has 2 heterocycles. The van der Waals surface area contributed by atoms with E-state index in [4.69, 9.17) is 11.6 Å². The van der Waals surface area contributed by atoms with E-state index in [9.17, 15) is 5.11 Å². The minimum Gasteiger partial charge on any atom is -0.387 e. The number of halogens is 1. The standard InChI is InChI=1S/C10H11ClN2O/c1-13-6-8(9(14)5-11)7-3-2-4-12-10(7)13/h2-4,6,9,14H,5H2,1H3. The summed E-state index contributed by atoms with van der Waals surface area (Å²) in [6.45, 7) is 0. The van der Waals surface area contributed by atoms with Crippen molar-refractivity contribution in [2.45, 2.75) is 6.10 Å². The molecule has 3 nitrogen and oxygen atoms in total. The molecule has 0 aliphatic rings. The number of aryl methyl sites for hydroxylation is 1. The summed E-state index contributed by atoms with van der Waals surface area (Å²) in [7, 11) is 1.90. The predicted molar refractivity (Wildman–Crippen MR) is 56.4 cm³/mol. The van der Waals surface area contributed by atoms with Gasteiger partial charge >= 0.3 is 0 Å². The van der Waals surface area contributed by atoms with Gasteiger partial charge in [0.2, 0.25) is 0 Å². The van der Waals surface area contributed by atoms with Crippen LogP contribution < -0.4 is 0 Å². The third kappa shape index (κ3) is 1.38. The largest absolute Gasteiger partial charge is 0.387 e. The fraction of sp³-hybridized carbons (Fsp3) is 0.300. The first kappa shape index (κ1) is 9.49. The molecule has 0 radical (unpaired) electrons. The van der Waals surface area contributed by atoms with Gasteiger partial charge in [-0.25, -0.2) is 4.98 Å². The minimum absolute atomic E-state index is 0.202. The van der Waals surface area contributed by atoms with Crippen LogP contribution in [0, 0.1) is 0 Å². The van der Waals surface area contributed by atoms with Gasteiger partial charge in [0.25, 0.3) is 0 Å². The number of fused-ring (bicyclic) bond motifs is 1. The van der Waals surface area contributed by atoms with Gasteiger partial charge in [0.1, 0.15) is 5.65 Å². The summed E-state index contributed by atoms with van der Waals surface area (Å²) >= 11 is 5.62. The zero-order valence-electron chi connectivity index (χ0n) is 7.81. The first-order chi connectivity index (χ1) is 6.74. The molecule has 1 N–H and O–H groups in total. The van der Waals surface area contributed by atoms with Gasteiger partial charge in [-0.3, -0.25) is 0 Å².